The lowest BCUT2D eigenvalue weighted by Crippen LogP contribution is -2.32. The second kappa shape index (κ2) is 5.24. The van der Waals surface area contributed by atoms with Crippen LogP contribution in [0.15, 0.2) is 29.3 Å². The van der Waals surface area contributed by atoms with E-state index in [0.717, 1.165) is 11.4 Å². The standard InChI is InChI=1S/C13H12FN3O2S/c14-8-1-3-9(4-2-8)17-11(18)7-10(12(17)19)20-13-15-5-6-16-13/h1-4,10H,5-7H2,(H,15,16). The molecular formula is C13H12FN3O2S. The Kier molecular flexibility index (Phi) is 3.43. The Morgan fingerprint density at radius 2 is 2.05 bits per heavy atom. The third-order valence-electron chi connectivity index (χ3n) is 3.09. The van der Waals surface area contributed by atoms with E-state index >= 15 is 0 Å². The molecule has 2 aliphatic rings. The molecule has 0 spiro atoms. The van der Waals surface area contributed by atoms with E-state index in [0.29, 0.717) is 17.4 Å². The van der Waals surface area contributed by atoms with Gasteiger partial charge < -0.3 is 5.32 Å². The first-order valence-corrected chi connectivity index (χ1v) is 7.10. The van der Waals surface area contributed by atoms with Crippen LogP contribution in [0.4, 0.5) is 10.1 Å². The van der Waals surface area contributed by atoms with Gasteiger partial charge in [0.15, 0.2) is 5.17 Å². The minimum Gasteiger partial charge on any atom is -0.363 e. The molecule has 1 fully saturated rings. The number of carbonyl (C=O) groups excluding carboxylic acids is 2. The predicted molar refractivity (Wildman–Crippen MR) is 75.2 cm³/mol. The maximum Gasteiger partial charge on any atom is 0.247 e. The number of anilines is 1. The number of aliphatic imine (C=N–C) groups is 1. The second-order valence-electron chi connectivity index (χ2n) is 4.47. The van der Waals surface area contributed by atoms with Gasteiger partial charge in [-0.25, -0.2) is 9.29 Å². The number of carbonyl (C=O) groups is 2. The molecule has 0 radical (unpaired) electrons. The first kappa shape index (κ1) is 13.1. The molecule has 2 amide bonds. The summed E-state index contributed by atoms with van der Waals surface area (Å²) in [6.45, 7) is 1.46. The van der Waals surface area contributed by atoms with Gasteiger partial charge in [-0.15, -0.1) is 0 Å². The molecule has 5 nitrogen and oxygen atoms in total. The summed E-state index contributed by atoms with van der Waals surface area (Å²) in [5.41, 5.74) is 0.408. The van der Waals surface area contributed by atoms with Gasteiger partial charge in [-0.1, -0.05) is 11.8 Å². The molecule has 1 saturated heterocycles. The molecule has 0 saturated carbocycles. The van der Waals surface area contributed by atoms with Crippen molar-refractivity contribution in [2.75, 3.05) is 18.0 Å². The summed E-state index contributed by atoms with van der Waals surface area (Å²) in [6, 6.07) is 5.34. The van der Waals surface area contributed by atoms with Gasteiger partial charge in [0, 0.05) is 13.0 Å². The Bertz CT molecular complexity index is 588. The summed E-state index contributed by atoms with van der Waals surface area (Å²) in [7, 11) is 0. The molecule has 1 unspecified atom stereocenters. The lowest BCUT2D eigenvalue weighted by atomic mass is 10.3. The van der Waals surface area contributed by atoms with Gasteiger partial charge >= 0.3 is 0 Å². The van der Waals surface area contributed by atoms with Crippen molar-refractivity contribution in [2.24, 2.45) is 4.99 Å². The van der Waals surface area contributed by atoms with E-state index in [1.807, 2.05) is 0 Å². The van der Waals surface area contributed by atoms with Crippen LogP contribution in [-0.4, -0.2) is 35.3 Å². The number of hydrogen-bond donors (Lipinski definition) is 1. The molecule has 1 atom stereocenters. The van der Waals surface area contributed by atoms with Crippen molar-refractivity contribution < 1.29 is 14.0 Å². The monoisotopic (exact) mass is 293 g/mol. The van der Waals surface area contributed by atoms with E-state index in [9.17, 15) is 14.0 Å². The topological polar surface area (TPSA) is 61.8 Å². The number of thioether (sulfide) groups is 1. The van der Waals surface area contributed by atoms with Crippen LogP contribution in [0.3, 0.4) is 0 Å². The quantitative estimate of drug-likeness (QED) is 0.831. The number of rotatable bonds is 2. The summed E-state index contributed by atoms with van der Waals surface area (Å²) in [5, 5.41) is 3.31. The number of nitrogens with zero attached hydrogens (tertiary/aromatic N) is 2. The fourth-order valence-electron chi connectivity index (χ4n) is 2.15. The fourth-order valence-corrected chi connectivity index (χ4v) is 3.20. The number of imide groups is 1. The van der Waals surface area contributed by atoms with E-state index in [1.165, 1.54) is 36.0 Å². The molecule has 0 bridgehead atoms. The highest BCUT2D eigenvalue weighted by molar-refractivity contribution is 8.15. The van der Waals surface area contributed by atoms with Gasteiger partial charge in [0.25, 0.3) is 0 Å². The third-order valence-corrected chi connectivity index (χ3v) is 4.24. The summed E-state index contributed by atoms with van der Waals surface area (Å²) >= 11 is 1.28. The van der Waals surface area contributed by atoms with Crippen LogP contribution in [0, 0.1) is 5.82 Å². The van der Waals surface area contributed by atoms with Gasteiger partial charge in [0.2, 0.25) is 11.8 Å². The van der Waals surface area contributed by atoms with Crippen molar-refractivity contribution in [3.05, 3.63) is 30.1 Å². The molecule has 2 aliphatic heterocycles. The van der Waals surface area contributed by atoms with Gasteiger partial charge in [-0.2, -0.15) is 0 Å². The first-order valence-electron chi connectivity index (χ1n) is 6.22. The largest absolute Gasteiger partial charge is 0.363 e. The smallest absolute Gasteiger partial charge is 0.247 e. The summed E-state index contributed by atoms with van der Waals surface area (Å²) in [4.78, 5) is 29.6. The SMILES string of the molecule is O=C1CC(SC2=NCCN2)C(=O)N1c1ccc(F)cc1. The average molecular weight is 293 g/mol. The first-order chi connectivity index (χ1) is 9.65. The zero-order valence-corrected chi connectivity index (χ0v) is 11.3. The molecule has 20 heavy (non-hydrogen) atoms. The van der Waals surface area contributed by atoms with E-state index in [-0.39, 0.29) is 18.2 Å². The number of halogens is 1. The average Bonchev–Trinajstić information content (AvgIpc) is 3.02. The Balaban J connectivity index is 1.77. The van der Waals surface area contributed by atoms with Crippen LogP contribution in [0.5, 0.6) is 0 Å². The minimum absolute atomic E-state index is 0.140. The predicted octanol–water partition coefficient (Wildman–Crippen LogP) is 1.15. The van der Waals surface area contributed by atoms with E-state index in [1.54, 1.807) is 0 Å². The van der Waals surface area contributed by atoms with E-state index in [4.69, 9.17) is 0 Å². The molecule has 3 rings (SSSR count). The summed E-state index contributed by atoms with van der Waals surface area (Å²) in [5.74, 6) is -0.941. The highest BCUT2D eigenvalue weighted by atomic mass is 32.2. The van der Waals surface area contributed by atoms with Gasteiger partial charge in [0.05, 0.1) is 12.2 Å². The number of amides is 2. The Labute approximate surface area is 119 Å². The lowest BCUT2D eigenvalue weighted by Gasteiger charge is -2.14. The maximum atomic E-state index is 12.9. The van der Waals surface area contributed by atoms with Crippen molar-refractivity contribution in [2.45, 2.75) is 11.7 Å². The van der Waals surface area contributed by atoms with Crippen molar-refractivity contribution in [3.63, 3.8) is 0 Å². The van der Waals surface area contributed by atoms with Crippen molar-refractivity contribution in [1.29, 1.82) is 0 Å². The highest BCUT2D eigenvalue weighted by Crippen LogP contribution is 2.30. The zero-order valence-electron chi connectivity index (χ0n) is 10.5. The molecule has 1 aromatic carbocycles. The van der Waals surface area contributed by atoms with Gasteiger partial charge in [-0.05, 0) is 24.3 Å². The van der Waals surface area contributed by atoms with E-state index < -0.39 is 11.1 Å². The van der Waals surface area contributed by atoms with E-state index in [2.05, 4.69) is 10.3 Å². The third kappa shape index (κ3) is 2.40. The normalized spacial score (nSPS) is 22.1. The minimum atomic E-state index is -0.461. The zero-order chi connectivity index (χ0) is 14.1. The van der Waals surface area contributed by atoms with Crippen LogP contribution >= 0.6 is 11.8 Å². The Morgan fingerprint density at radius 3 is 2.70 bits per heavy atom. The Hall–Kier alpha value is -1.89. The number of nitrogens with one attached hydrogen (secondary N) is 1. The molecule has 2 heterocycles. The second-order valence-corrected chi connectivity index (χ2v) is 5.66. The Morgan fingerprint density at radius 1 is 1.30 bits per heavy atom. The molecular weight excluding hydrogens is 281 g/mol. The molecule has 1 aromatic rings. The molecule has 1 N–H and O–H groups in total. The fraction of sp³-hybridized carbons (Fsp3) is 0.308. The summed E-state index contributed by atoms with van der Waals surface area (Å²) in [6.07, 6.45) is 0.140. The summed E-state index contributed by atoms with van der Waals surface area (Å²) < 4.78 is 12.9. The van der Waals surface area contributed by atoms with Crippen LogP contribution in [-0.2, 0) is 9.59 Å². The van der Waals surface area contributed by atoms with Crippen LogP contribution < -0.4 is 10.2 Å². The van der Waals surface area contributed by atoms with Crippen molar-refractivity contribution >= 4 is 34.4 Å². The molecule has 104 valence electrons. The highest BCUT2D eigenvalue weighted by Gasteiger charge is 2.40. The molecule has 0 aliphatic carbocycles. The lowest BCUT2D eigenvalue weighted by molar-refractivity contribution is -0.121. The van der Waals surface area contributed by atoms with Crippen LogP contribution in [0.25, 0.3) is 0 Å². The van der Waals surface area contributed by atoms with Gasteiger partial charge in [-0.3, -0.25) is 14.6 Å². The van der Waals surface area contributed by atoms with Crippen molar-refractivity contribution in [1.82, 2.24) is 5.32 Å². The number of hydrogen-bond acceptors (Lipinski definition) is 5. The van der Waals surface area contributed by atoms with Gasteiger partial charge in [0.1, 0.15) is 11.1 Å². The van der Waals surface area contributed by atoms with Crippen molar-refractivity contribution in [3.8, 4) is 0 Å². The number of amidine groups is 1. The number of benzene rings is 1. The maximum absolute atomic E-state index is 12.9. The molecule has 7 heteroatoms. The molecule has 0 aromatic heterocycles. The van der Waals surface area contributed by atoms with Crippen LogP contribution in [0.1, 0.15) is 6.42 Å². The van der Waals surface area contributed by atoms with Crippen LogP contribution in [0.2, 0.25) is 0 Å².